The molecule has 0 aliphatic rings. The molecule has 1 aromatic heterocycles. The van der Waals surface area contributed by atoms with Gasteiger partial charge in [-0.25, -0.2) is 4.68 Å². The molecule has 0 aromatic carbocycles. The van der Waals surface area contributed by atoms with Gasteiger partial charge in [-0.15, -0.1) is 5.10 Å². The van der Waals surface area contributed by atoms with E-state index in [1.54, 1.807) is 0 Å². The second-order valence-corrected chi connectivity index (χ2v) is 1.81. The van der Waals surface area contributed by atoms with E-state index in [4.69, 9.17) is 15.1 Å². The van der Waals surface area contributed by atoms with Gasteiger partial charge in [0.15, 0.2) is 0 Å². The first-order valence-electron chi connectivity index (χ1n) is 2.87. The summed E-state index contributed by atoms with van der Waals surface area (Å²) in [7, 11) is -1.80. The van der Waals surface area contributed by atoms with E-state index in [-0.39, 0.29) is 154 Å². The minimum Gasteiger partial charge on any atom is -0.907 e. The van der Waals surface area contributed by atoms with E-state index < -0.39 is 25.0 Å². The fourth-order valence-electron chi connectivity index (χ4n) is 0.447. The molecule has 0 spiro atoms. The number of hydrogen-bond acceptors (Lipinski definition) is 4. The van der Waals surface area contributed by atoms with Crippen LogP contribution in [0.1, 0.15) is 0 Å². The first kappa shape index (κ1) is 28.1. The molecule has 0 fully saturated rings. The van der Waals surface area contributed by atoms with E-state index in [1.165, 1.54) is 0 Å². The Hall–Kier alpha value is 3.85. The van der Waals surface area contributed by atoms with Crippen molar-refractivity contribution in [2.75, 3.05) is 0 Å². The molecule has 74 valence electrons. The summed E-state index contributed by atoms with van der Waals surface area (Å²) >= 11 is 0. The first-order valence-corrected chi connectivity index (χ1v) is 2.87. The standard InChI is InChI=1S/C4H3F3N2.BO3.3K/c1-9-4(7)2(5)3(6)8-9;2-1(3)4;;;/h1H3;;;;/q;-3;3*+1. The monoisotopic (exact) mass is 312 g/mol. The van der Waals surface area contributed by atoms with Crippen molar-refractivity contribution in [2.24, 2.45) is 7.05 Å². The first-order chi connectivity index (χ1) is 5.86. The van der Waals surface area contributed by atoms with Crippen LogP contribution in [-0.4, -0.2) is 17.1 Å². The largest absolute Gasteiger partial charge is 1.00 e. The van der Waals surface area contributed by atoms with Crippen LogP contribution in [0.4, 0.5) is 13.2 Å². The van der Waals surface area contributed by atoms with Crippen LogP contribution in [0.15, 0.2) is 0 Å². The molecule has 0 saturated carbocycles. The van der Waals surface area contributed by atoms with Crippen molar-refractivity contribution < 1.29 is 182 Å². The van der Waals surface area contributed by atoms with Gasteiger partial charge in [-0.1, -0.05) is 0 Å². The van der Waals surface area contributed by atoms with Gasteiger partial charge in [0.05, 0.1) is 0 Å². The Bertz CT molecular complexity index is 266. The van der Waals surface area contributed by atoms with Gasteiger partial charge in [-0.3, -0.25) is 7.32 Å². The maximum Gasteiger partial charge on any atom is 1.00 e. The van der Waals surface area contributed by atoms with Gasteiger partial charge < -0.3 is 15.1 Å². The maximum absolute atomic E-state index is 12.0. The van der Waals surface area contributed by atoms with E-state index in [1.807, 2.05) is 0 Å². The molecule has 0 radical (unpaired) electrons. The smallest absolute Gasteiger partial charge is 0.907 e. The number of aromatic nitrogens is 2. The number of aryl methyl sites for hydroxylation is 1. The molecule has 0 aliphatic carbocycles. The van der Waals surface area contributed by atoms with Gasteiger partial charge in [-0.05, 0) is 0 Å². The van der Waals surface area contributed by atoms with Gasteiger partial charge in [0.2, 0.25) is 5.82 Å². The fourth-order valence-corrected chi connectivity index (χ4v) is 0.447. The molecule has 1 rings (SSSR count). The van der Waals surface area contributed by atoms with Gasteiger partial charge in [-0.2, -0.15) is 13.2 Å². The maximum atomic E-state index is 12.0. The molecule has 5 nitrogen and oxygen atoms in total. The summed E-state index contributed by atoms with van der Waals surface area (Å²) < 4.78 is 36.3. The zero-order valence-electron chi connectivity index (χ0n) is 9.33. The summed E-state index contributed by atoms with van der Waals surface area (Å²) in [4.78, 5) is 0. The van der Waals surface area contributed by atoms with Crippen LogP contribution >= 0.6 is 0 Å². The van der Waals surface area contributed by atoms with Crippen molar-refractivity contribution >= 4 is 7.32 Å². The van der Waals surface area contributed by atoms with Crippen LogP contribution in [-0.2, 0) is 7.05 Å². The molecule has 0 aliphatic heterocycles. The third-order valence-corrected chi connectivity index (χ3v) is 0.884. The SMILES string of the molecule is Cn1nc(F)c(F)c1F.[K+].[K+].[K+].[O-]B([O-])[O-]. The van der Waals surface area contributed by atoms with Crippen molar-refractivity contribution in [1.29, 1.82) is 0 Å². The van der Waals surface area contributed by atoms with Gasteiger partial charge in [0.1, 0.15) is 0 Å². The van der Waals surface area contributed by atoms with Crippen LogP contribution < -0.4 is 169 Å². The van der Waals surface area contributed by atoms with Crippen LogP contribution in [0.2, 0.25) is 0 Å². The molecule has 1 aromatic rings. The molecule has 16 heavy (non-hydrogen) atoms. The molecule has 1 heterocycles. The Morgan fingerprint density at radius 3 is 1.44 bits per heavy atom. The fraction of sp³-hybridized carbons (Fsp3) is 0.250. The average Bonchev–Trinajstić information content (AvgIpc) is 2.17. The predicted octanol–water partition coefficient (Wildman–Crippen LogP) is -12.1. The Morgan fingerprint density at radius 1 is 1.06 bits per heavy atom. The Morgan fingerprint density at radius 2 is 1.38 bits per heavy atom. The Balaban J connectivity index is -0.0000000921. The van der Waals surface area contributed by atoms with Crippen molar-refractivity contribution in [3.8, 4) is 0 Å². The minimum atomic E-state index is -2.92. The predicted molar refractivity (Wildman–Crippen MR) is 28.8 cm³/mol. The molecule has 0 N–H and O–H groups in total. The summed E-state index contributed by atoms with van der Waals surface area (Å²) in [6.45, 7) is 0. The molecule has 0 bridgehead atoms. The van der Waals surface area contributed by atoms with E-state index in [9.17, 15) is 13.2 Å². The quantitative estimate of drug-likeness (QED) is 0.445. The molecule has 12 heteroatoms. The van der Waals surface area contributed by atoms with Crippen LogP contribution in [0.3, 0.4) is 0 Å². The van der Waals surface area contributed by atoms with Crippen molar-refractivity contribution in [3.05, 3.63) is 17.7 Å². The van der Waals surface area contributed by atoms with Gasteiger partial charge in [0, 0.05) is 7.05 Å². The third-order valence-electron chi connectivity index (χ3n) is 0.884. The number of hydrogen-bond donors (Lipinski definition) is 0. The molecular formula is C4H3BF3K3N2O3. The number of nitrogens with zero attached hydrogens (tertiary/aromatic N) is 2. The van der Waals surface area contributed by atoms with Crippen molar-refractivity contribution in [2.45, 2.75) is 0 Å². The van der Waals surface area contributed by atoms with Crippen molar-refractivity contribution in [3.63, 3.8) is 0 Å². The molecule has 0 unspecified atom stereocenters. The summed E-state index contributed by atoms with van der Waals surface area (Å²) in [6.07, 6.45) is 0. The molecule has 0 saturated heterocycles. The normalized spacial score (nSPS) is 7.44. The molecular weight excluding hydrogens is 309 g/mol. The van der Waals surface area contributed by atoms with Crippen molar-refractivity contribution in [1.82, 2.24) is 9.78 Å². The van der Waals surface area contributed by atoms with E-state index in [2.05, 4.69) is 5.10 Å². The number of halogens is 3. The zero-order valence-corrected chi connectivity index (χ0v) is 18.7. The Kier molecular flexibility index (Phi) is 26.8. The summed E-state index contributed by atoms with van der Waals surface area (Å²) in [5.41, 5.74) is 0. The van der Waals surface area contributed by atoms with E-state index >= 15 is 0 Å². The summed E-state index contributed by atoms with van der Waals surface area (Å²) in [5, 5.41) is 28.1. The second kappa shape index (κ2) is 15.2. The van der Waals surface area contributed by atoms with Gasteiger partial charge >= 0.3 is 154 Å². The second-order valence-electron chi connectivity index (χ2n) is 1.81. The summed E-state index contributed by atoms with van der Waals surface area (Å²) in [5.74, 6) is -4.22. The van der Waals surface area contributed by atoms with Crippen LogP contribution in [0, 0.1) is 17.7 Å². The zero-order chi connectivity index (χ0) is 10.6. The van der Waals surface area contributed by atoms with Crippen LogP contribution in [0.5, 0.6) is 0 Å². The number of rotatable bonds is 0. The van der Waals surface area contributed by atoms with Gasteiger partial charge in [0.25, 0.3) is 11.9 Å². The van der Waals surface area contributed by atoms with Crippen LogP contribution in [0.25, 0.3) is 0 Å². The third kappa shape index (κ3) is 12.9. The average molecular weight is 312 g/mol. The Labute approximate surface area is 218 Å². The van der Waals surface area contributed by atoms with E-state index in [0.717, 1.165) is 7.05 Å². The molecule has 0 atom stereocenters. The van der Waals surface area contributed by atoms with E-state index in [0.29, 0.717) is 4.68 Å². The topological polar surface area (TPSA) is 87.0 Å². The minimum absolute atomic E-state index is 0. The summed E-state index contributed by atoms with van der Waals surface area (Å²) in [6, 6.07) is 0. The molecule has 0 amide bonds.